The molecule has 0 radical (unpaired) electrons. The van der Waals surface area contributed by atoms with Gasteiger partial charge >= 0.3 is 0 Å². The first-order chi connectivity index (χ1) is 24.8. The van der Waals surface area contributed by atoms with E-state index in [-0.39, 0.29) is 6.71 Å². The minimum absolute atomic E-state index is 0.115. The van der Waals surface area contributed by atoms with Crippen LogP contribution >= 0.6 is 0 Å². The van der Waals surface area contributed by atoms with Gasteiger partial charge in [-0.05, 0) is 63.5 Å². The molecule has 0 unspecified atom stereocenters. The normalized spacial score (nSPS) is 11.7. The number of para-hydroxylation sites is 1. The van der Waals surface area contributed by atoms with E-state index in [9.17, 15) is 0 Å². The van der Waals surface area contributed by atoms with E-state index in [0.29, 0.717) is 5.82 Å². The number of hydrogen-bond acceptors (Lipinski definition) is 3. The third-order valence-corrected chi connectivity index (χ3v) is 9.42. The van der Waals surface area contributed by atoms with Gasteiger partial charge in [-0.25, -0.2) is 9.97 Å². The Morgan fingerprint density at radius 2 is 0.820 bits per heavy atom. The maximum absolute atomic E-state index is 6.54. The van der Waals surface area contributed by atoms with Gasteiger partial charge in [0.25, 0.3) is 6.71 Å². The second-order valence-electron chi connectivity index (χ2n) is 12.6. The SMILES string of the molecule is c1ccc(B2c3ccccc3Oc3cc(-c4cccc(-c5cccc(-c6nc(-c7ccccc7)cc(-c7ccccc7)n6)c5)c4)ccc32)cc1. The molecule has 234 valence electrons. The molecule has 7 aromatic carbocycles. The molecule has 1 aliphatic heterocycles. The van der Waals surface area contributed by atoms with Gasteiger partial charge in [0.1, 0.15) is 11.5 Å². The number of hydrogen-bond donors (Lipinski definition) is 0. The van der Waals surface area contributed by atoms with E-state index in [1.54, 1.807) is 0 Å². The predicted molar refractivity (Wildman–Crippen MR) is 207 cm³/mol. The molecule has 1 aromatic heterocycles. The summed E-state index contributed by atoms with van der Waals surface area (Å²) in [5.74, 6) is 2.50. The number of benzene rings is 7. The van der Waals surface area contributed by atoms with Crippen molar-refractivity contribution in [3.8, 4) is 67.7 Å². The highest BCUT2D eigenvalue weighted by Crippen LogP contribution is 2.33. The van der Waals surface area contributed by atoms with E-state index in [4.69, 9.17) is 14.7 Å². The van der Waals surface area contributed by atoms with E-state index in [0.717, 1.165) is 61.8 Å². The van der Waals surface area contributed by atoms with Gasteiger partial charge in [0.15, 0.2) is 5.82 Å². The van der Waals surface area contributed by atoms with Crippen molar-refractivity contribution in [1.82, 2.24) is 9.97 Å². The van der Waals surface area contributed by atoms with Gasteiger partial charge < -0.3 is 4.74 Å². The number of ether oxygens (including phenoxy) is 1. The second-order valence-corrected chi connectivity index (χ2v) is 12.6. The highest BCUT2D eigenvalue weighted by atomic mass is 16.5. The van der Waals surface area contributed by atoms with Crippen molar-refractivity contribution in [2.24, 2.45) is 0 Å². The van der Waals surface area contributed by atoms with Gasteiger partial charge in [-0.3, -0.25) is 0 Å². The molecule has 9 rings (SSSR count). The van der Waals surface area contributed by atoms with E-state index < -0.39 is 0 Å². The molecule has 2 heterocycles. The van der Waals surface area contributed by atoms with Gasteiger partial charge in [0.2, 0.25) is 0 Å². The molecule has 0 aliphatic carbocycles. The second kappa shape index (κ2) is 12.8. The summed E-state index contributed by atoms with van der Waals surface area (Å²) in [5.41, 5.74) is 13.0. The summed E-state index contributed by atoms with van der Waals surface area (Å²) >= 11 is 0. The Kier molecular flexibility index (Phi) is 7.60. The van der Waals surface area contributed by atoms with Gasteiger partial charge in [-0.15, -0.1) is 0 Å². The zero-order valence-electron chi connectivity index (χ0n) is 27.3. The van der Waals surface area contributed by atoms with Crippen LogP contribution in [0.5, 0.6) is 11.5 Å². The summed E-state index contributed by atoms with van der Waals surface area (Å²) in [6.45, 7) is 0.115. The lowest BCUT2D eigenvalue weighted by Crippen LogP contribution is -2.54. The first-order valence-electron chi connectivity index (χ1n) is 16.9. The van der Waals surface area contributed by atoms with Gasteiger partial charge in [0.05, 0.1) is 11.4 Å². The molecule has 0 fully saturated rings. The summed E-state index contributed by atoms with van der Waals surface area (Å²) in [4.78, 5) is 10.1. The summed E-state index contributed by atoms with van der Waals surface area (Å²) < 4.78 is 6.54. The van der Waals surface area contributed by atoms with Crippen LogP contribution in [0.2, 0.25) is 0 Å². The summed E-state index contributed by atoms with van der Waals surface area (Å²) in [6.07, 6.45) is 0. The topological polar surface area (TPSA) is 35.0 Å². The summed E-state index contributed by atoms with van der Waals surface area (Å²) in [7, 11) is 0. The Labute approximate surface area is 292 Å². The Bertz CT molecular complexity index is 2410. The molecule has 8 aromatic rings. The quantitative estimate of drug-likeness (QED) is 0.170. The number of rotatable bonds is 6. The molecule has 0 saturated heterocycles. The zero-order chi connectivity index (χ0) is 33.3. The van der Waals surface area contributed by atoms with Crippen LogP contribution in [-0.2, 0) is 0 Å². The monoisotopic (exact) mass is 638 g/mol. The highest BCUT2D eigenvalue weighted by Gasteiger charge is 2.32. The molecule has 1 aliphatic rings. The molecule has 50 heavy (non-hydrogen) atoms. The Morgan fingerprint density at radius 1 is 0.340 bits per heavy atom. The lowest BCUT2D eigenvalue weighted by Gasteiger charge is -2.27. The van der Waals surface area contributed by atoms with Crippen LogP contribution in [0, 0.1) is 0 Å². The van der Waals surface area contributed by atoms with Crippen LogP contribution in [0.15, 0.2) is 188 Å². The van der Waals surface area contributed by atoms with E-state index in [1.807, 2.05) is 42.5 Å². The molecule has 0 atom stereocenters. The Hall–Kier alpha value is -6.52. The fourth-order valence-electron chi connectivity index (χ4n) is 6.95. The van der Waals surface area contributed by atoms with Crippen molar-refractivity contribution in [3.63, 3.8) is 0 Å². The molecule has 0 spiro atoms. The fourth-order valence-corrected chi connectivity index (χ4v) is 6.95. The van der Waals surface area contributed by atoms with Crippen molar-refractivity contribution >= 4 is 23.1 Å². The van der Waals surface area contributed by atoms with Gasteiger partial charge in [-0.1, -0.05) is 163 Å². The van der Waals surface area contributed by atoms with Crippen LogP contribution in [0.4, 0.5) is 0 Å². The minimum atomic E-state index is 0.115. The van der Waals surface area contributed by atoms with E-state index >= 15 is 0 Å². The molecule has 3 nitrogen and oxygen atoms in total. The van der Waals surface area contributed by atoms with Crippen molar-refractivity contribution in [3.05, 3.63) is 188 Å². The van der Waals surface area contributed by atoms with Crippen molar-refractivity contribution in [2.75, 3.05) is 0 Å². The molecule has 0 N–H and O–H groups in total. The molecule has 4 heteroatoms. The maximum Gasteiger partial charge on any atom is 0.250 e. The van der Waals surface area contributed by atoms with E-state index in [2.05, 4.69) is 146 Å². The third-order valence-electron chi connectivity index (χ3n) is 9.42. The molecular weight excluding hydrogens is 607 g/mol. The number of nitrogens with zero attached hydrogens (tertiary/aromatic N) is 2. The predicted octanol–water partition coefficient (Wildman–Crippen LogP) is 9.43. The summed E-state index contributed by atoms with van der Waals surface area (Å²) in [5, 5.41) is 0. The number of fused-ring (bicyclic) bond motifs is 2. The van der Waals surface area contributed by atoms with Crippen molar-refractivity contribution < 1.29 is 4.74 Å². The Morgan fingerprint density at radius 3 is 1.46 bits per heavy atom. The molecule has 0 amide bonds. The first-order valence-corrected chi connectivity index (χ1v) is 16.9. The largest absolute Gasteiger partial charge is 0.458 e. The van der Waals surface area contributed by atoms with Crippen LogP contribution in [0.1, 0.15) is 0 Å². The van der Waals surface area contributed by atoms with Gasteiger partial charge in [-0.2, -0.15) is 0 Å². The van der Waals surface area contributed by atoms with E-state index in [1.165, 1.54) is 16.4 Å². The van der Waals surface area contributed by atoms with Crippen LogP contribution in [0.3, 0.4) is 0 Å². The lowest BCUT2D eigenvalue weighted by atomic mass is 9.36. The first kappa shape index (κ1) is 29.6. The van der Waals surface area contributed by atoms with Crippen LogP contribution < -0.4 is 21.1 Å². The lowest BCUT2D eigenvalue weighted by molar-refractivity contribution is 0.487. The Balaban J connectivity index is 1.08. The smallest absolute Gasteiger partial charge is 0.250 e. The highest BCUT2D eigenvalue weighted by molar-refractivity contribution is 6.96. The summed E-state index contributed by atoms with van der Waals surface area (Å²) in [6, 6.07) is 65.6. The molecule has 0 bridgehead atoms. The van der Waals surface area contributed by atoms with Crippen LogP contribution in [0.25, 0.3) is 56.2 Å². The average molecular weight is 639 g/mol. The van der Waals surface area contributed by atoms with Gasteiger partial charge in [0, 0.05) is 16.7 Å². The molecule has 0 saturated carbocycles. The zero-order valence-corrected chi connectivity index (χ0v) is 27.3. The number of aromatic nitrogens is 2. The third kappa shape index (κ3) is 5.67. The fraction of sp³-hybridized carbons (Fsp3) is 0. The molecular formula is C46H31BN2O. The van der Waals surface area contributed by atoms with Crippen molar-refractivity contribution in [1.29, 1.82) is 0 Å². The standard InChI is InChI=1S/C46H31BN2O/c1-4-14-32(15-5-1)42-31-43(33-16-6-2-7-17-33)49-46(48-42)38-21-13-20-36(29-38)34-18-12-19-35(28-34)37-26-27-41-45(30-37)50-44-25-11-10-24-40(44)47(41)39-22-8-3-9-23-39/h1-31H. The van der Waals surface area contributed by atoms with Crippen LogP contribution in [-0.4, -0.2) is 16.7 Å². The van der Waals surface area contributed by atoms with Crippen molar-refractivity contribution in [2.45, 2.75) is 0 Å². The minimum Gasteiger partial charge on any atom is -0.458 e. The average Bonchev–Trinajstić information content (AvgIpc) is 3.20. The maximum atomic E-state index is 6.54.